The van der Waals surface area contributed by atoms with Gasteiger partial charge < -0.3 is 0 Å². The molecule has 3 atom stereocenters. The molecule has 2 aliphatic heterocycles. The SMILES string of the molecule is CSc1ccc([C@H]2[C@@H]3C(=O)N(CC(C)C)C(=O)[C@H]3ON2c2ccccc2)cc1. The molecule has 5 nitrogen and oxygen atoms in total. The third kappa shape index (κ3) is 3.20. The zero-order valence-electron chi connectivity index (χ0n) is 16.2. The van der Waals surface area contributed by atoms with E-state index in [4.69, 9.17) is 4.84 Å². The van der Waals surface area contributed by atoms with Crippen LogP contribution in [0, 0.1) is 11.8 Å². The lowest BCUT2D eigenvalue weighted by Gasteiger charge is -2.29. The van der Waals surface area contributed by atoms with E-state index in [0.717, 1.165) is 16.1 Å². The molecular formula is C22H24N2O3S. The normalized spacial score (nSPS) is 24.4. The summed E-state index contributed by atoms with van der Waals surface area (Å²) in [5, 5.41) is 1.74. The van der Waals surface area contributed by atoms with Crippen LogP contribution >= 0.6 is 11.8 Å². The van der Waals surface area contributed by atoms with Crippen LogP contribution in [0.4, 0.5) is 5.69 Å². The predicted octanol–water partition coefficient (Wildman–Crippen LogP) is 3.91. The minimum Gasteiger partial charge on any atom is -0.280 e. The number of nitrogens with zero attached hydrogens (tertiary/aromatic N) is 2. The molecule has 0 saturated carbocycles. The van der Waals surface area contributed by atoms with Gasteiger partial charge in [-0.2, -0.15) is 0 Å². The molecule has 4 rings (SSSR count). The zero-order chi connectivity index (χ0) is 19.8. The fourth-order valence-electron chi connectivity index (χ4n) is 3.96. The Bertz CT molecular complexity index is 869. The van der Waals surface area contributed by atoms with Gasteiger partial charge in [0, 0.05) is 11.4 Å². The number of hydrogen-bond donors (Lipinski definition) is 0. The molecule has 2 aliphatic rings. The first kappa shape index (κ1) is 19.0. The van der Waals surface area contributed by atoms with Gasteiger partial charge in [-0.25, -0.2) is 5.06 Å². The fourth-order valence-corrected chi connectivity index (χ4v) is 4.36. The summed E-state index contributed by atoms with van der Waals surface area (Å²) in [6.07, 6.45) is 1.26. The molecule has 6 heteroatoms. The van der Waals surface area contributed by atoms with Gasteiger partial charge in [-0.05, 0) is 42.0 Å². The van der Waals surface area contributed by atoms with Crippen molar-refractivity contribution in [3.05, 3.63) is 60.2 Å². The second-order valence-corrected chi connectivity index (χ2v) is 8.49. The number of imide groups is 1. The van der Waals surface area contributed by atoms with E-state index in [1.165, 1.54) is 4.90 Å². The molecule has 2 heterocycles. The van der Waals surface area contributed by atoms with Gasteiger partial charge in [0.2, 0.25) is 5.91 Å². The van der Waals surface area contributed by atoms with Crippen molar-refractivity contribution in [2.24, 2.45) is 11.8 Å². The number of rotatable bonds is 5. The molecule has 2 fully saturated rings. The van der Waals surface area contributed by atoms with Crippen LogP contribution < -0.4 is 5.06 Å². The summed E-state index contributed by atoms with van der Waals surface area (Å²) in [5.41, 5.74) is 1.81. The molecule has 0 N–H and O–H groups in total. The maximum absolute atomic E-state index is 13.2. The minimum absolute atomic E-state index is 0.138. The Morgan fingerprint density at radius 3 is 2.29 bits per heavy atom. The Labute approximate surface area is 169 Å². The van der Waals surface area contributed by atoms with E-state index >= 15 is 0 Å². The maximum Gasteiger partial charge on any atom is 0.262 e. The summed E-state index contributed by atoms with van der Waals surface area (Å²) >= 11 is 1.67. The van der Waals surface area contributed by atoms with Crippen LogP contribution in [-0.2, 0) is 14.4 Å². The third-order valence-electron chi connectivity index (χ3n) is 5.22. The zero-order valence-corrected chi connectivity index (χ0v) is 17.1. The van der Waals surface area contributed by atoms with E-state index in [2.05, 4.69) is 0 Å². The van der Waals surface area contributed by atoms with Gasteiger partial charge in [0.15, 0.2) is 6.10 Å². The van der Waals surface area contributed by atoms with Crippen molar-refractivity contribution >= 4 is 29.3 Å². The van der Waals surface area contributed by atoms with Gasteiger partial charge in [-0.15, -0.1) is 11.8 Å². The molecule has 0 unspecified atom stereocenters. The Kier molecular flexibility index (Phi) is 5.17. The monoisotopic (exact) mass is 396 g/mol. The number of carbonyl (C=O) groups is 2. The second-order valence-electron chi connectivity index (χ2n) is 7.61. The van der Waals surface area contributed by atoms with Crippen LogP contribution in [0.25, 0.3) is 0 Å². The highest BCUT2D eigenvalue weighted by molar-refractivity contribution is 7.98. The van der Waals surface area contributed by atoms with Crippen LogP contribution in [0.1, 0.15) is 25.5 Å². The Morgan fingerprint density at radius 2 is 1.68 bits per heavy atom. The highest BCUT2D eigenvalue weighted by Gasteiger charge is 2.59. The molecule has 0 bridgehead atoms. The summed E-state index contributed by atoms with van der Waals surface area (Å²) in [5.74, 6) is -0.684. The molecule has 146 valence electrons. The van der Waals surface area contributed by atoms with E-state index in [1.54, 1.807) is 16.8 Å². The number of likely N-dealkylation sites (tertiary alicyclic amines) is 1. The lowest BCUT2D eigenvalue weighted by molar-refractivity contribution is -0.143. The number of thioether (sulfide) groups is 1. The van der Waals surface area contributed by atoms with Crippen molar-refractivity contribution < 1.29 is 14.4 Å². The molecule has 0 radical (unpaired) electrons. The topological polar surface area (TPSA) is 49.9 Å². The molecule has 2 aromatic rings. The maximum atomic E-state index is 13.2. The summed E-state index contributed by atoms with van der Waals surface area (Å²) in [6, 6.07) is 17.5. The Hall–Kier alpha value is -2.31. The predicted molar refractivity (Wildman–Crippen MR) is 110 cm³/mol. The fraction of sp³-hybridized carbons (Fsp3) is 0.364. The van der Waals surface area contributed by atoms with E-state index in [9.17, 15) is 9.59 Å². The summed E-state index contributed by atoms with van der Waals surface area (Å²) in [7, 11) is 0. The standard InChI is InChI=1S/C22H24N2O3S/c1-14(2)13-23-21(25)18-19(15-9-11-17(28-3)12-10-15)24(27-20(18)22(23)26)16-7-5-4-6-8-16/h4-12,14,18-20H,13H2,1-3H3/t18-,19-,20-/m0/s1. The molecule has 2 saturated heterocycles. The Balaban J connectivity index is 1.74. The highest BCUT2D eigenvalue weighted by atomic mass is 32.2. The summed E-state index contributed by atoms with van der Waals surface area (Å²) in [6.45, 7) is 4.44. The van der Waals surface area contributed by atoms with E-state index in [0.29, 0.717) is 6.54 Å². The van der Waals surface area contributed by atoms with E-state index in [1.807, 2.05) is 74.7 Å². The number of para-hydroxylation sites is 1. The lowest BCUT2D eigenvalue weighted by atomic mass is 9.90. The van der Waals surface area contributed by atoms with Crippen LogP contribution in [-0.4, -0.2) is 35.6 Å². The van der Waals surface area contributed by atoms with E-state index < -0.39 is 12.0 Å². The molecule has 28 heavy (non-hydrogen) atoms. The van der Waals surface area contributed by atoms with Gasteiger partial charge in [-0.1, -0.05) is 44.2 Å². The van der Waals surface area contributed by atoms with Crippen LogP contribution in [0.5, 0.6) is 0 Å². The van der Waals surface area contributed by atoms with Crippen molar-refractivity contribution in [2.45, 2.75) is 30.9 Å². The van der Waals surface area contributed by atoms with Crippen molar-refractivity contribution in [1.82, 2.24) is 4.90 Å². The molecular weight excluding hydrogens is 372 g/mol. The van der Waals surface area contributed by atoms with Gasteiger partial charge in [0.25, 0.3) is 5.91 Å². The molecule has 0 spiro atoms. The second kappa shape index (κ2) is 7.60. The highest BCUT2D eigenvalue weighted by Crippen LogP contribution is 2.46. The first-order chi connectivity index (χ1) is 13.5. The van der Waals surface area contributed by atoms with Crippen molar-refractivity contribution in [3.8, 4) is 0 Å². The van der Waals surface area contributed by atoms with Gasteiger partial charge in [-0.3, -0.25) is 19.3 Å². The van der Waals surface area contributed by atoms with Gasteiger partial charge >= 0.3 is 0 Å². The molecule has 2 aromatic carbocycles. The number of benzene rings is 2. The summed E-state index contributed by atoms with van der Waals surface area (Å²) < 4.78 is 0. The smallest absolute Gasteiger partial charge is 0.262 e. The van der Waals surface area contributed by atoms with Crippen molar-refractivity contribution in [1.29, 1.82) is 0 Å². The summed E-state index contributed by atoms with van der Waals surface area (Å²) in [4.78, 5) is 34.8. The van der Waals surface area contributed by atoms with Crippen LogP contribution in [0.2, 0.25) is 0 Å². The molecule has 0 aromatic heterocycles. The van der Waals surface area contributed by atoms with Gasteiger partial charge in [0.1, 0.15) is 5.92 Å². The lowest BCUT2D eigenvalue weighted by Crippen LogP contribution is -2.39. The van der Waals surface area contributed by atoms with Crippen molar-refractivity contribution in [2.75, 3.05) is 17.9 Å². The number of hydrogen-bond acceptors (Lipinski definition) is 5. The largest absolute Gasteiger partial charge is 0.280 e. The number of hydroxylamine groups is 1. The first-order valence-electron chi connectivity index (χ1n) is 9.51. The number of anilines is 1. The van der Waals surface area contributed by atoms with Crippen LogP contribution in [0.3, 0.4) is 0 Å². The van der Waals surface area contributed by atoms with Crippen LogP contribution in [0.15, 0.2) is 59.5 Å². The minimum atomic E-state index is -0.767. The number of amides is 2. The average molecular weight is 397 g/mol. The number of fused-ring (bicyclic) bond motifs is 1. The average Bonchev–Trinajstić information content (AvgIpc) is 3.21. The Morgan fingerprint density at radius 1 is 1.00 bits per heavy atom. The third-order valence-corrected chi connectivity index (χ3v) is 5.97. The van der Waals surface area contributed by atoms with Gasteiger partial charge in [0.05, 0.1) is 11.7 Å². The molecule has 2 amide bonds. The first-order valence-corrected chi connectivity index (χ1v) is 10.7. The van der Waals surface area contributed by atoms with E-state index in [-0.39, 0.29) is 23.8 Å². The molecule has 0 aliphatic carbocycles. The van der Waals surface area contributed by atoms with Crippen molar-refractivity contribution in [3.63, 3.8) is 0 Å². The number of carbonyl (C=O) groups excluding carboxylic acids is 2. The quantitative estimate of drug-likeness (QED) is 0.567.